The Labute approximate surface area is 134 Å². The minimum atomic E-state index is -1.40. The number of methoxy groups -OCH3 is 1. The third-order valence-electron chi connectivity index (χ3n) is 2.95. The van der Waals surface area contributed by atoms with Crippen molar-refractivity contribution in [2.24, 2.45) is 0 Å². The predicted molar refractivity (Wildman–Crippen MR) is 77.6 cm³/mol. The Balaban J connectivity index is 2.00. The van der Waals surface area contributed by atoms with Gasteiger partial charge in [0, 0.05) is 30.4 Å². The van der Waals surface area contributed by atoms with Crippen molar-refractivity contribution in [2.75, 3.05) is 12.4 Å². The van der Waals surface area contributed by atoms with Crippen molar-refractivity contribution < 1.29 is 27.5 Å². The number of carbonyl (C=O) groups excluding carboxylic acids is 2. The molecule has 0 unspecified atom stereocenters. The van der Waals surface area contributed by atoms with Crippen LogP contribution >= 0.6 is 0 Å². The van der Waals surface area contributed by atoms with Crippen LogP contribution in [0.5, 0.6) is 5.88 Å². The second kappa shape index (κ2) is 7.44. The molecule has 0 fully saturated rings. The van der Waals surface area contributed by atoms with Crippen LogP contribution in [0.1, 0.15) is 5.56 Å². The van der Waals surface area contributed by atoms with Gasteiger partial charge in [0.05, 0.1) is 12.8 Å². The van der Waals surface area contributed by atoms with Crippen LogP contribution in [0, 0.1) is 17.5 Å². The number of hydrogen-bond donors (Lipinski definition) is 2. The third kappa shape index (κ3) is 4.00. The van der Waals surface area contributed by atoms with Gasteiger partial charge >= 0.3 is 11.8 Å². The number of benzene rings is 1. The average Bonchev–Trinajstić information content (AvgIpc) is 2.57. The molecule has 2 aromatic rings. The maximum absolute atomic E-state index is 13.4. The Bertz CT molecular complexity index is 784. The van der Waals surface area contributed by atoms with Crippen LogP contribution in [0.25, 0.3) is 0 Å². The van der Waals surface area contributed by atoms with Crippen molar-refractivity contribution in [1.29, 1.82) is 0 Å². The quantitative estimate of drug-likeness (QED) is 0.657. The first-order valence-electron chi connectivity index (χ1n) is 6.64. The van der Waals surface area contributed by atoms with E-state index in [2.05, 4.69) is 10.3 Å². The molecule has 1 aromatic carbocycles. The van der Waals surface area contributed by atoms with Crippen LogP contribution in [0.4, 0.5) is 18.9 Å². The Morgan fingerprint density at radius 2 is 1.83 bits per heavy atom. The molecule has 2 amide bonds. The first-order valence-corrected chi connectivity index (χ1v) is 6.64. The fourth-order valence-electron chi connectivity index (χ4n) is 1.80. The van der Waals surface area contributed by atoms with Gasteiger partial charge in [-0.25, -0.2) is 18.2 Å². The van der Waals surface area contributed by atoms with E-state index in [-0.39, 0.29) is 18.5 Å². The number of ether oxygens (including phenoxy) is 1. The zero-order valence-corrected chi connectivity index (χ0v) is 12.4. The van der Waals surface area contributed by atoms with Crippen molar-refractivity contribution in [2.45, 2.75) is 6.54 Å². The van der Waals surface area contributed by atoms with Crippen LogP contribution in [0.3, 0.4) is 0 Å². The normalized spacial score (nSPS) is 10.2. The van der Waals surface area contributed by atoms with E-state index in [0.29, 0.717) is 11.6 Å². The van der Waals surface area contributed by atoms with Gasteiger partial charge in [-0.3, -0.25) is 9.59 Å². The molecule has 1 aromatic heterocycles. The summed E-state index contributed by atoms with van der Waals surface area (Å²) in [5.74, 6) is -6.02. The molecule has 6 nitrogen and oxygen atoms in total. The topological polar surface area (TPSA) is 80.3 Å². The summed E-state index contributed by atoms with van der Waals surface area (Å²) in [5.41, 5.74) is -0.131. The number of aromatic nitrogens is 1. The molecular weight excluding hydrogens is 327 g/mol. The summed E-state index contributed by atoms with van der Waals surface area (Å²) >= 11 is 0. The monoisotopic (exact) mass is 339 g/mol. The molecule has 0 spiro atoms. The Morgan fingerprint density at radius 1 is 1.12 bits per heavy atom. The Hall–Kier alpha value is -3.10. The number of halogens is 3. The lowest BCUT2D eigenvalue weighted by atomic mass is 10.2. The van der Waals surface area contributed by atoms with Gasteiger partial charge in [-0.1, -0.05) is 6.07 Å². The van der Waals surface area contributed by atoms with Crippen LogP contribution in [-0.2, 0) is 16.1 Å². The predicted octanol–water partition coefficient (Wildman–Crippen LogP) is 1.76. The summed E-state index contributed by atoms with van der Waals surface area (Å²) in [6.45, 7) is -0.0659. The molecule has 0 saturated carbocycles. The second-order valence-corrected chi connectivity index (χ2v) is 4.55. The number of nitrogens with zero attached hydrogens (tertiary/aromatic N) is 1. The van der Waals surface area contributed by atoms with Crippen LogP contribution < -0.4 is 15.4 Å². The molecule has 0 radical (unpaired) electrons. The van der Waals surface area contributed by atoms with Crippen molar-refractivity contribution >= 4 is 17.5 Å². The van der Waals surface area contributed by atoms with Gasteiger partial charge in [0.25, 0.3) is 0 Å². The fourth-order valence-corrected chi connectivity index (χ4v) is 1.80. The minimum Gasteiger partial charge on any atom is -0.481 e. The smallest absolute Gasteiger partial charge is 0.313 e. The summed E-state index contributed by atoms with van der Waals surface area (Å²) in [4.78, 5) is 27.3. The molecule has 2 rings (SSSR count). The number of anilines is 1. The number of rotatable bonds is 4. The zero-order valence-electron chi connectivity index (χ0n) is 12.4. The standard InChI is InChI=1S/C15H12F3N3O3/c1-24-15-8(3-2-4-19-15)7-20-13(22)14(23)21-12-6-10(17)9(16)5-11(12)18/h2-6H,7H2,1H3,(H,20,22)(H,21,23). The first kappa shape index (κ1) is 17.3. The molecule has 0 atom stereocenters. The molecule has 2 N–H and O–H groups in total. The van der Waals surface area contributed by atoms with Crippen LogP contribution in [0.2, 0.25) is 0 Å². The largest absolute Gasteiger partial charge is 0.481 e. The highest BCUT2D eigenvalue weighted by atomic mass is 19.2. The number of carbonyl (C=O) groups is 2. The van der Waals surface area contributed by atoms with E-state index in [0.717, 1.165) is 0 Å². The van der Waals surface area contributed by atoms with E-state index in [4.69, 9.17) is 4.74 Å². The maximum Gasteiger partial charge on any atom is 0.313 e. The number of amides is 2. The van der Waals surface area contributed by atoms with Gasteiger partial charge in [-0.15, -0.1) is 0 Å². The third-order valence-corrected chi connectivity index (χ3v) is 2.95. The lowest BCUT2D eigenvalue weighted by molar-refractivity contribution is -0.136. The van der Waals surface area contributed by atoms with E-state index in [1.54, 1.807) is 12.1 Å². The summed E-state index contributed by atoms with van der Waals surface area (Å²) in [5, 5.41) is 4.14. The number of nitrogens with one attached hydrogen (secondary N) is 2. The average molecular weight is 339 g/mol. The highest BCUT2D eigenvalue weighted by Crippen LogP contribution is 2.18. The van der Waals surface area contributed by atoms with Gasteiger partial charge in [-0.2, -0.15) is 0 Å². The fraction of sp³-hybridized carbons (Fsp3) is 0.133. The first-order chi connectivity index (χ1) is 11.4. The molecule has 24 heavy (non-hydrogen) atoms. The molecule has 126 valence electrons. The second-order valence-electron chi connectivity index (χ2n) is 4.55. The zero-order chi connectivity index (χ0) is 17.7. The Morgan fingerprint density at radius 3 is 2.54 bits per heavy atom. The van der Waals surface area contributed by atoms with Gasteiger partial charge in [0.2, 0.25) is 5.88 Å². The van der Waals surface area contributed by atoms with E-state index in [1.165, 1.54) is 13.3 Å². The highest BCUT2D eigenvalue weighted by molar-refractivity contribution is 6.39. The lowest BCUT2D eigenvalue weighted by Crippen LogP contribution is -2.35. The molecule has 1 heterocycles. The minimum absolute atomic E-state index is 0.0659. The molecule has 0 aliphatic heterocycles. The van der Waals surface area contributed by atoms with Crippen molar-refractivity contribution in [3.8, 4) is 5.88 Å². The van der Waals surface area contributed by atoms with Crippen molar-refractivity contribution in [1.82, 2.24) is 10.3 Å². The van der Waals surface area contributed by atoms with Gasteiger partial charge in [0.15, 0.2) is 11.6 Å². The Kier molecular flexibility index (Phi) is 5.35. The maximum atomic E-state index is 13.4. The molecule has 0 aliphatic rings. The molecule has 0 bridgehead atoms. The van der Waals surface area contributed by atoms with Crippen molar-refractivity contribution in [3.63, 3.8) is 0 Å². The molecular formula is C15H12F3N3O3. The highest BCUT2D eigenvalue weighted by Gasteiger charge is 2.18. The summed E-state index contributed by atoms with van der Waals surface area (Å²) in [6, 6.07) is 3.95. The summed E-state index contributed by atoms with van der Waals surface area (Å²) in [6.07, 6.45) is 1.49. The van der Waals surface area contributed by atoms with Crippen LogP contribution in [0.15, 0.2) is 30.5 Å². The van der Waals surface area contributed by atoms with Gasteiger partial charge < -0.3 is 15.4 Å². The van der Waals surface area contributed by atoms with E-state index >= 15 is 0 Å². The van der Waals surface area contributed by atoms with E-state index < -0.39 is 35.0 Å². The molecule has 0 saturated heterocycles. The van der Waals surface area contributed by atoms with Gasteiger partial charge in [0.1, 0.15) is 5.82 Å². The number of pyridine rings is 1. The van der Waals surface area contributed by atoms with Crippen LogP contribution in [-0.4, -0.2) is 23.9 Å². The SMILES string of the molecule is COc1ncccc1CNC(=O)C(=O)Nc1cc(F)c(F)cc1F. The molecule has 9 heteroatoms. The summed E-state index contributed by atoms with van der Waals surface area (Å²) in [7, 11) is 1.40. The van der Waals surface area contributed by atoms with Gasteiger partial charge in [-0.05, 0) is 6.07 Å². The van der Waals surface area contributed by atoms with Crippen molar-refractivity contribution in [3.05, 3.63) is 53.5 Å². The summed E-state index contributed by atoms with van der Waals surface area (Å²) < 4.78 is 44.3. The van der Waals surface area contributed by atoms with E-state index in [9.17, 15) is 22.8 Å². The lowest BCUT2D eigenvalue weighted by Gasteiger charge is -2.09. The molecule has 0 aliphatic carbocycles. The number of hydrogen-bond acceptors (Lipinski definition) is 4. The van der Waals surface area contributed by atoms with E-state index in [1.807, 2.05) is 5.32 Å².